The third-order valence-corrected chi connectivity index (χ3v) is 8.56. The molecule has 3 fully saturated rings. The molecule has 4 rings (SSSR count). The molecule has 1 N–H and O–H groups in total. The van der Waals surface area contributed by atoms with Gasteiger partial charge in [-0.2, -0.15) is 13.2 Å². The molecule has 0 unspecified atom stereocenters. The van der Waals surface area contributed by atoms with Crippen molar-refractivity contribution in [2.24, 2.45) is 0 Å². The maximum atomic E-state index is 13.0. The van der Waals surface area contributed by atoms with Gasteiger partial charge in [0.25, 0.3) is 5.91 Å². The number of alkyl halides is 3. The lowest BCUT2D eigenvalue weighted by Crippen LogP contribution is -2.60. The number of likely N-dealkylation sites (tertiary alicyclic amines) is 2. The van der Waals surface area contributed by atoms with Crippen LogP contribution in [0.3, 0.4) is 0 Å². The van der Waals surface area contributed by atoms with E-state index in [4.69, 9.17) is 23.2 Å². The van der Waals surface area contributed by atoms with Crippen molar-refractivity contribution in [2.45, 2.75) is 37.4 Å². The highest BCUT2D eigenvalue weighted by Crippen LogP contribution is 2.33. The number of nitrogens with zero attached hydrogens (tertiary/aromatic N) is 4. The Morgan fingerprint density at radius 1 is 0.947 bits per heavy atom. The molecule has 38 heavy (non-hydrogen) atoms. The average Bonchev–Trinajstić information content (AvgIpc) is 2.83. The molecular weight excluding hydrogens is 566 g/mol. The Labute approximate surface area is 233 Å². The second kappa shape index (κ2) is 12.1. The van der Waals surface area contributed by atoms with Gasteiger partial charge in [-0.25, -0.2) is 0 Å². The fraction of sp³-hybridized carbons (Fsp3) is 0.625. The van der Waals surface area contributed by atoms with Gasteiger partial charge in [-0.15, -0.1) is 0 Å². The Bertz CT molecular complexity index is 1030. The second-order valence-electron chi connectivity index (χ2n) is 9.75. The Morgan fingerprint density at radius 3 is 2.03 bits per heavy atom. The summed E-state index contributed by atoms with van der Waals surface area (Å²) in [6.07, 6.45) is 1.45. The highest BCUT2D eigenvalue weighted by Gasteiger charge is 2.36. The number of anilines is 1. The summed E-state index contributed by atoms with van der Waals surface area (Å²) < 4.78 is 37.0. The largest absolute Gasteiger partial charge is 0.442 e. The Hall–Kier alpha value is -1.89. The second-order valence-corrected chi connectivity index (χ2v) is 11.6. The minimum atomic E-state index is -4.40. The predicted octanol–water partition coefficient (Wildman–Crippen LogP) is 3.64. The predicted molar refractivity (Wildman–Crippen MR) is 142 cm³/mol. The molecule has 1 aromatic carbocycles. The van der Waals surface area contributed by atoms with Gasteiger partial charge >= 0.3 is 5.51 Å². The molecule has 1 aromatic rings. The first-order valence-corrected chi connectivity index (χ1v) is 14.2. The van der Waals surface area contributed by atoms with Crippen LogP contribution in [-0.2, 0) is 9.59 Å². The summed E-state index contributed by atoms with van der Waals surface area (Å²) >= 11 is 12.6. The lowest BCUT2D eigenvalue weighted by molar-refractivity contribution is -0.131. The molecule has 3 amide bonds. The number of nitrogens with one attached hydrogen (secondary N) is 1. The van der Waals surface area contributed by atoms with Gasteiger partial charge in [0.1, 0.15) is 0 Å². The summed E-state index contributed by atoms with van der Waals surface area (Å²) in [7, 11) is 0. The third kappa shape index (κ3) is 7.19. The minimum Gasteiger partial charge on any atom is -0.380 e. The van der Waals surface area contributed by atoms with Crippen LogP contribution in [0.1, 0.15) is 30.1 Å². The topological polar surface area (TPSA) is 76.2 Å². The number of halogens is 5. The van der Waals surface area contributed by atoms with Crippen molar-refractivity contribution >= 4 is 58.4 Å². The Balaban J connectivity index is 1.23. The number of carbonyl (C=O) groups is 3. The third-order valence-electron chi connectivity index (χ3n) is 7.24. The number of benzene rings is 1. The van der Waals surface area contributed by atoms with Crippen molar-refractivity contribution in [2.75, 3.05) is 63.4 Å². The van der Waals surface area contributed by atoms with Gasteiger partial charge in [0, 0.05) is 71.0 Å². The molecule has 0 spiro atoms. The molecule has 14 heteroatoms. The highest BCUT2D eigenvalue weighted by atomic mass is 35.5. The van der Waals surface area contributed by atoms with Gasteiger partial charge in [0.05, 0.1) is 27.4 Å². The van der Waals surface area contributed by atoms with E-state index in [1.807, 2.05) is 0 Å². The van der Waals surface area contributed by atoms with Gasteiger partial charge in [-0.05, 0) is 36.7 Å². The van der Waals surface area contributed by atoms with E-state index < -0.39 is 17.2 Å². The van der Waals surface area contributed by atoms with E-state index in [2.05, 4.69) is 10.2 Å². The molecule has 0 radical (unpaired) electrons. The van der Waals surface area contributed by atoms with Crippen LogP contribution in [0.25, 0.3) is 0 Å². The van der Waals surface area contributed by atoms with Gasteiger partial charge in [-0.3, -0.25) is 19.3 Å². The van der Waals surface area contributed by atoms with E-state index in [0.717, 1.165) is 25.9 Å². The molecule has 0 saturated carbocycles. The maximum Gasteiger partial charge on any atom is 0.442 e. The monoisotopic (exact) mass is 595 g/mol. The van der Waals surface area contributed by atoms with Crippen LogP contribution in [-0.4, -0.2) is 113 Å². The number of carbonyl (C=O) groups excluding carboxylic acids is 3. The number of amides is 3. The first-order valence-electron chi connectivity index (χ1n) is 12.4. The molecule has 3 aliphatic rings. The van der Waals surface area contributed by atoms with Crippen LogP contribution < -0.4 is 5.32 Å². The van der Waals surface area contributed by atoms with Gasteiger partial charge in [-0.1, -0.05) is 23.2 Å². The van der Waals surface area contributed by atoms with E-state index in [1.54, 1.807) is 21.9 Å². The van der Waals surface area contributed by atoms with Crippen LogP contribution >= 0.6 is 35.0 Å². The summed E-state index contributed by atoms with van der Waals surface area (Å²) in [6, 6.07) is 3.82. The first kappa shape index (κ1) is 29.1. The fourth-order valence-electron chi connectivity index (χ4n) is 5.10. The number of piperidine rings is 1. The molecule has 0 aliphatic carbocycles. The van der Waals surface area contributed by atoms with Crippen molar-refractivity contribution in [1.29, 1.82) is 0 Å². The zero-order valence-corrected chi connectivity index (χ0v) is 23.2. The van der Waals surface area contributed by atoms with Gasteiger partial charge in [0.15, 0.2) is 0 Å². The molecule has 0 bridgehead atoms. The van der Waals surface area contributed by atoms with E-state index in [0.29, 0.717) is 45.0 Å². The van der Waals surface area contributed by atoms with E-state index in [-0.39, 0.29) is 51.3 Å². The van der Waals surface area contributed by atoms with E-state index in [1.165, 1.54) is 11.8 Å². The Kier molecular flexibility index (Phi) is 9.26. The van der Waals surface area contributed by atoms with Crippen LogP contribution in [0.2, 0.25) is 10.0 Å². The smallest absolute Gasteiger partial charge is 0.380 e. The maximum absolute atomic E-state index is 13.0. The highest BCUT2D eigenvalue weighted by molar-refractivity contribution is 8.00. The van der Waals surface area contributed by atoms with E-state index in [9.17, 15) is 27.6 Å². The van der Waals surface area contributed by atoms with Crippen molar-refractivity contribution in [3.63, 3.8) is 0 Å². The normalized spacial score (nSPS) is 19.9. The summed E-state index contributed by atoms with van der Waals surface area (Å²) in [5.74, 6) is -1.32. The molecule has 0 aromatic heterocycles. The quantitative estimate of drug-likeness (QED) is 0.541. The number of hydrogen-bond donors (Lipinski definition) is 1. The van der Waals surface area contributed by atoms with Crippen molar-refractivity contribution in [1.82, 2.24) is 19.6 Å². The van der Waals surface area contributed by atoms with Gasteiger partial charge < -0.3 is 20.0 Å². The van der Waals surface area contributed by atoms with Crippen LogP contribution in [0, 0.1) is 0 Å². The molecule has 210 valence electrons. The lowest BCUT2D eigenvalue weighted by atomic mass is 9.97. The van der Waals surface area contributed by atoms with E-state index >= 15 is 0 Å². The average molecular weight is 597 g/mol. The Morgan fingerprint density at radius 2 is 1.50 bits per heavy atom. The van der Waals surface area contributed by atoms with Crippen molar-refractivity contribution in [3.05, 3.63) is 27.7 Å². The summed E-state index contributed by atoms with van der Waals surface area (Å²) in [5.41, 5.74) is -3.43. The number of hydrogen-bond acceptors (Lipinski definition) is 6. The number of piperazine rings is 1. The molecule has 3 heterocycles. The van der Waals surface area contributed by atoms with Crippen molar-refractivity contribution < 1.29 is 27.6 Å². The standard InChI is InChI=1S/C24H30Cl2F3N5O3S/c1-15(35)31-6-8-33(9-7-31)23(37)22-19(25)10-16(11-20(22)26)30-17-12-34(13-17)18-2-4-32(5-3-18)21(36)14-38-24(27,28)29/h10-11,17-18,30H,2-9,12-14H2,1H3. The summed E-state index contributed by atoms with van der Waals surface area (Å²) in [6.45, 7) is 5.76. The zero-order chi connectivity index (χ0) is 27.6. The minimum absolute atomic E-state index is 0.0160. The van der Waals surface area contributed by atoms with Crippen LogP contribution in [0.5, 0.6) is 0 Å². The molecule has 3 aliphatic heterocycles. The fourth-order valence-corrected chi connectivity index (χ4v) is 6.21. The number of rotatable bonds is 6. The number of thioether (sulfide) groups is 1. The zero-order valence-electron chi connectivity index (χ0n) is 20.9. The SMILES string of the molecule is CC(=O)N1CCN(C(=O)c2c(Cl)cc(NC3CN(C4CCN(C(=O)CSC(F)(F)F)CC4)C3)cc2Cl)CC1. The van der Waals surface area contributed by atoms with Crippen molar-refractivity contribution in [3.8, 4) is 0 Å². The van der Waals surface area contributed by atoms with Crippen LogP contribution in [0.4, 0.5) is 18.9 Å². The molecular formula is C24H30Cl2F3N5O3S. The summed E-state index contributed by atoms with van der Waals surface area (Å²) in [4.78, 5) is 43.8. The molecule has 0 atom stereocenters. The lowest BCUT2D eigenvalue weighted by Gasteiger charge is -2.47. The van der Waals surface area contributed by atoms with Gasteiger partial charge in [0.2, 0.25) is 11.8 Å². The van der Waals surface area contributed by atoms with Crippen LogP contribution in [0.15, 0.2) is 12.1 Å². The summed E-state index contributed by atoms with van der Waals surface area (Å²) in [5, 5.41) is 3.92. The first-order chi connectivity index (χ1) is 17.9. The molecule has 8 nitrogen and oxygen atoms in total. The molecule has 3 saturated heterocycles.